The molecule has 0 atom stereocenters. The molecule has 0 fully saturated rings. The highest BCUT2D eigenvalue weighted by atomic mass is 32.1. The Kier molecular flexibility index (Phi) is 40.9. The summed E-state index contributed by atoms with van der Waals surface area (Å²) in [6.45, 7) is 42.6. The van der Waals surface area contributed by atoms with Crippen molar-refractivity contribution in [3.63, 3.8) is 0 Å². The van der Waals surface area contributed by atoms with Gasteiger partial charge in [-0.05, 0) is 107 Å². The summed E-state index contributed by atoms with van der Waals surface area (Å²) >= 11 is 3.37. The van der Waals surface area contributed by atoms with E-state index in [2.05, 4.69) is 140 Å². The number of hydrogen-bond donors (Lipinski definition) is 1. The molecule has 4 heterocycles. The van der Waals surface area contributed by atoms with Crippen LogP contribution in [0.5, 0.6) is 0 Å². The van der Waals surface area contributed by atoms with Crippen molar-refractivity contribution in [2.45, 2.75) is 90.4 Å². The standard InChI is InChI=1S/C11H15NS.C10H15N5.C8H10N2.C8H16N.C7H12.C6H8N2S.C6H14N/c1-2-3-8-11-12-9-6-4-5-7-10(9)13-11;1-4-6-15(7-5-2)10-13-8(3)12-9(11)14-10;1-2-3-5-8-9-6-4-7-10-8;1-5-7-9(3,4)8-6-2;1-3-5-7-6-4-2;1-2-3-4-6-7-5-8-9-6;1-5-6-7(2,3)4/h2H,1,3-8H2;4-5H,1-2,6-7H2,3H3,(H2,11,12,13,14);2,4,6-7H,1,3,5H2;5-6H,1-2,7-8H2,3-4H3;3-4H,1-2,5-7H2;2,5H,1,3-4H2;5H,1,6H2,2-4H3/q;;;+1;;;+1. The number of nitrogens with two attached hydrogens (primary N) is 1. The lowest BCUT2D eigenvalue weighted by molar-refractivity contribution is -0.878. The minimum atomic E-state index is 0.232. The van der Waals surface area contributed by atoms with Crippen LogP contribution < -0.4 is 10.6 Å². The Bertz CT molecular complexity index is 1940. The molecule has 1 aliphatic carbocycles. The van der Waals surface area contributed by atoms with Gasteiger partial charge < -0.3 is 19.6 Å². The van der Waals surface area contributed by atoms with E-state index < -0.39 is 0 Å². The smallest absolute Gasteiger partial charge is 0.230 e. The average Bonchev–Trinajstić information content (AvgIpc) is 4.01. The van der Waals surface area contributed by atoms with Crippen molar-refractivity contribution in [1.29, 1.82) is 0 Å². The Balaban J connectivity index is 0. The molecule has 0 saturated carbocycles. The molecule has 0 radical (unpaired) electrons. The van der Waals surface area contributed by atoms with E-state index in [-0.39, 0.29) is 5.95 Å². The van der Waals surface area contributed by atoms with Crippen molar-refractivity contribution in [2.75, 3.05) is 78.6 Å². The number of rotatable bonds is 24. The maximum absolute atomic E-state index is 5.55. The zero-order chi connectivity index (χ0) is 52.9. The van der Waals surface area contributed by atoms with E-state index in [1.807, 2.05) is 70.9 Å². The second-order valence-corrected chi connectivity index (χ2v) is 19.4. The van der Waals surface area contributed by atoms with Crippen molar-refractivity contribution in [1.82, 2.24) is 39.3 Å². The van der Waals surface area contributed by atoms with E-state index in [9.17, 15) is 0 Å². The summed E-state index contributed by atoms with van der Waals surface area (Å²) in [5.74, 6) is 2.29. The molecular weight excluding hydrogens is 905 g/mol. The number of likely N-dealkylation sites (N-methyl/N-ethyl adjacent to an activating group) is 2. The van der Waals surface area contributed by atoms with Crippen molar-refractivity contribution in [3.8, 4) is 0 Å². The Morgan fingerprint density at radius 2 is 1.13 bits per heavy atom. The molecule has 384 valence electrons. The molecule has 70 heavy (non-hydrogen) atoms. The van der Waals surface area contributed by atoms with Crippen molar-refractivity contribution in [3.05, 3.63) is 184 Å². The van der Waals surface area contributed by atoms with Crippen molar-refractivity contribution >= 4 is 34.8 Å². The maximum atomic E-state index is 5.55. The number of aromatic nitrogens is 8. The second kappa shape index (κ2) is 43.2. The van der Waals surface area contributed by atoms with Gasteiger partial charge in [0, 0.05) is 49.6 Å². The highest BCUT2D eigenvalue weighted by Crippen LogP contribution is 2.27. The van der Waals surface area contributed by atoms with Gasteiger partial charge in [-0.1, -0.05) is 62.3 Å². The lowest BCUT2D eigenvalue weighted by Crippen LogP contribution is -2.39. The third-order valence-corrected chi connectivity index (χ3v) is 11.0. The third kappa shape index (κ3) is 38.1. The summed E-state index contributed by atoms with van der Waals surface area (Å²) < 4.78 is 5.80. The van der Waals surface area contributed by atoms with Gasteiger partial charge in [0.1, 0.15) is 23.0 Å². The fraction of sp³-hybridized carbons (Fsp3) is 0.429. The zero-order valence-electron chi connectivity index (χ0n) is 44.2. The molecule has 0 aliphatic heterocycles. The maximum Gasteiger partial charge on any atom is 0.230 e. The Morgan fingerprint density at radius 3 is 1.57 bits per heavy atom. The fourth-order valence-electron chi connectivity index (χ4n) is 5.71. The van der Waals surface area contributed by atoms with Crippen LogP contribution in [-0.4, -0.2) is 116 Å². The van der Waals surface area contributed by atoms with Crippen LogP contribution in [0.3, 0.4) is 0 Å². The van der Waals surface area contributed by atoms with Gasteiger partial charge in [0.25, 0.3) is 0 Å². The average molecular weight is 996 g/mol. The summed E-state index contributed by atoms with van der Waals surface area (Å²) in [5.41, 5.74) is 6.93. The van der Waals surface area contributed by atoms with Gasteiger partial charge in [-0.25, -0.2) is 19.9 Å². The molecular formula is C56H90N12S2+2. The first-order chi connectivity index (χ1) is 33.5. The van der Waals surface area contributed by atoms with Crippen LogP contribution in [0.1, 0.15) is 83.6 Å². The monoisotopic (exact) mass is 995 g/mol. The fourth-order valence-corrected chi connectivity index (χ4v) is 7.40. The Morgan fingerprint density at radius 1 is 0.600 bits per heavy atom. The van der Waals surface area contributed by atoms with Gasteiger partial charge >= 0.3 is 0 Å². The summed E-state index contributed by atoms with van der Waals surface area (Å²) in [6.07, 6.45) is 38.6. The normalized spacial score (nSPS) is 10.8. The van der Waals surface area contributed by atoms with Gasteiger partial charge in [-0.3, -0.25) is 0 Å². The molecule has 0 spiro atoms. The molecule has 14 heteroatoms. The predicted octanol–water partition coefficient (Wildman–Crippen LogP) is 12.2. The van der Waals surface area contributed by atoms with Crippen LogP contribution in [0.4, 0.5) is 11.9 Å². The van der Waals surface area contributed by atoms with Gasteiger partial charge in [0.15, 0.2) is 0 Å². The van der Waals surface area contributed by atoms with Gasteiger partial charge in [0.2, 0.25) is 11.9 Å². The summed E-state index contributed by atoms with van der Waals surface area (Å²) in [5, 5.41) is 2.40. The SMILES string of the molecule is C=CCCCC=C.C=CCCc1nc2c(s1)CCCC2.C=CCCc1ncccn1.C=CCCc1ncns1.C=CCN(CC=C)c1nc(C)nc(N)n1.C=CC[N+](C)(C)C.C=CC[N+](C)(C)CC=C. The van der Waals surface area contributed by atoms with Gasteiger partial charge in [0.05, 0.1) is 65.6 Å². The first kappa shape index (κ1) is 66.3. The minimum Gasteiger partial charge on any atom is -0.368 e. The number of hydrogen-bond acceptors (Lipinski definition) is 12. The number of nitrogen functional groups attached to an aromatic ring is 1. The number of aryl methyl sites for hydroxylation is 6. The molecule has 12 nitrogen and oxygen atoms in total. The molecule has 0 saturated heterocycles. The van der Waals surface area contributed by atoms with E-state index in [0.29, 0.717) is 24.9 Å². The van der Waals surface area contributed by atoms with Crippen LogP contribution in [-0.2, 0) is 32.1 Å². The van der Waals surface area contributed by atoms with Crippen molar-refractivity contribution < 1.29 is 8.97 Å². The number of nitrogens with zero attached hydrogens (tertiary/aromatic N) is 11. The first-order valence-electron chi connectivity index (χ1n) is 24.0. The summed E-state index contributed by atoms with van der Waals surface area (Å²) in [4.78, 5) is 32.4. The number of unbranched alkanes of at least 4 members (excludes halogenated alkanes) is 2. The van der Waals surface area contributed by atoms with E-state index in [1.165, 1.54) is 54.3 Å². The molecule has 2 N–H and O–H groups in total. The predicted molar refractivity (Wildman–Crippen MR) is 307 cm³/mol. The largest absolute Gasteiger partial charge is 0.368 e. The molecule has 0 bridgehead atoms. The van der Waals surface area contributed by atoms with Gasteiger partial charge in [-0.15, -0.1) is 57.4 Å². The molecule has 0 amide bonds. The summed E-state index contributed by atoms with van der Waals surface area (Å²) in [7, 11) is 10.7. The number of allylic oxidation sites excluding steroid dienone is 5. The number of anilines is 2. The van der Waals surface area contributed by atoms with E-state index in [0.717, 1.165) is 90.8 Å². The quantitative estimate of drug-likeness (QED) is 0.0411. The number of thiazole rings is 1. The molecule has 0 aromatic carbocycles. The third-order valence-electron chi connectivity index (χ3n) is 9.09. The second-order valence-electron chi connectivity index (χ2n) is 17.3. The molecule has 4 aromatic heterocycles. The highest BCUT2D eigenvalue weighted by molar-refractivity contribution is 7.11. The van der Waals surface area contributed by atoms with E-state index in [1.54, 1.807) is 42.7 Å². The van der Waals surface area contributed by atoms with Crippen LogP contribution in [0, 0.1) is 6.92 Å². The molecule has 4 aromatic rings. The van der Waals surface area contributed by atoms with Crippen LogP contribution >= 0.6 is 22.9 Å². The Hall–Kier alpha value is -5.80. The van der Waals surface area contributed by atoms with Crippen molar-refractivity contribution in [2.24, 2.45) is 0 Å². The van der Waals surface area contributed by atoms with Gasteiger partial charge in [-0.2, -0.15) is 19.3 Å². The van der Waals surface area contributed by atoms with Crippen LogP contribution in [0.2, 0.25) is 0 Å². The zero-order valence-corrected chi connectivity index (χ0v) is 45.8. The topological polar surface area (TPSA) is 132 Å². The molecule has 0 unspecified atom stereocenters. The molecule has 1 aliphatic rings. The van der Waals surface area contributed by atoms with E-state index >= 15 is 0 Å². The van der Waals surface area contributed by atoms with Crippen LogP contribution in [0.25, 0.3) is 0 Å². The summed E-state index contributed by atoms with van der Waals surface area (Å²) in [6, 6.07) is 1.82. The van der Waals surface area contributed by atoms with E-state index in [4.69, 9.17) is 5.73 Å². The van der Waals surface area contributed by atoms with Crippen LogP contribution in [0.15, 0.2) is 151 Å². The number of quaternary nitrogens is 2. The highest BCUT2D eigenvalue weighted by Gasteiger charge is 2.14. The first-order valence-corrected chi connectivity index (χ1v) is 25.6. The Labute approximate surface area is 433 Å². The minimum absolute atomic E-state index is 0.232. The molecule has 5 rings (SSSR count). The lowest BCUT2D eigenvalue weighted by Gasteiger charge is -2.26. The number of fused-ring (bicyclic) bond motifs is 1. The lowest BCUT2D eigenvalue weighted by atomic mass is 10.0.